The van der Waals surface area contributed by atoms with Crippen LogP contribution in [-0.4, -0.2) is 41.7 Å². The van der Waals surface area contributed by atoms with Crippen LogP contribution in [0, 0.1) is 12.8 Å². The fourth-order valence-corrected chi connectivity index (χ4v) is 7.87. The van der Waals surface area contributed by atoms with E-state index in [4.69, 9.17) is 4.74 Å². The van der Waals surface area contributed by atoms with Gasteiger partial charge in [0.15, 0.2) is 5.78 Å². The van der Waals surface area contributed by atoms with E-state index in [0.29, 0.717) is 35.7 Å². The second kappa shape index (κ2) is 8.01. The summed E-state index contributed by atoms with van der Waals surface area (Å²) in [5.74, 6) is -0.991. The maximum Gasteiger partial charge on any atom is 0.251 e. The number of hydrogen-bond donors (Lipinski definition) is 2. The van der Waals surface area contributed by atoms with Crippen LogP contribution in [0.2, 0.25) is 0 Å². The summed E-state index contributed by atoms with van der Waals surface area (Å²) in [6.45, 7) is 4.89. The summed E-state index contributed by atoms with van der Waals surface area (Å²) in [5, 5.41) is 6.23. The van der Waals surface area contributed by atoms with E-state index in [1.807, 2.05) is 68.4 Å². The lowest BCUT2D eigenvalue weighted by molar-refractivity contribution is -0.137. The fraction of sp³-hybridized carbons (Fsp3) is 0.323. The standard InChI is InChI=1S/C31H29N3O4/c1-3-38-24-16-7-4-11-19(24)27(35)25-23-15-9-17-34(23)31(21-13-8-10-18(2)26(21)33-29(31)37)30(25)20-12-5-6-14-22(20)32-28(30)36/h4-8,10-14,16,23,25H,3,9,15,17H2,1-2H3,(H,32,36)(H,33,37)/t23-,25+,30+,31+/m1/s1. The molecule has 38 heavy (non-hydrogen) atoms. The number of nitrogens with one attached hydrogen (secondary N) is 2. The van der Waals surface area contributed by atoms with Crippen molar-refractivity contribution < 1.29 is 19.1 Å². The minimum Gasteiger partial charge on any atom is -0.493 e. The number of rotatable bonds is 4. The lowest BCUT2D eigenvalue weighted by atomic mass is 9.57. The van der Waals surface area contributed by atoms with Gasteiger partial charge in [0.2, 0.25) is 5.91 Å². The lowest BCUT2D eigenvalue weighted by Gasteiger charge is -2.43. The molecule has 2 fully saturated rings. The molecule has 4 aliphatic rings. The zero-order valence-corrected chi connectivity index (χ0v) is 21.4. The number of anilines is 2. The molecule has 4 heterocycles. The Morgan fingerprint density at radius 2 is 1.74 bits per heavy atom. The summed E-state index contributed by atoms with van der Waals surface area (Å²) in [7, 11) is 0. The summed E-state index contributed by atoms with van der Waals surface area (Å²) < 4.78 is 5.87. The number of para-hydroxylation sites is 3. The number of carbonyl (C=O) groups is 3. The van der Waals surface area contributed by atoms with E-state index in [1.54, 1.807) is 12.1 Å². The SMILES string of the molecule is CCOc1ccccc1C(=O)[C@@H]1[C@H]2CCCN2[C@@]2(C(=O)Nc3c(C)cccc32)[C@]12C(=O)Nc1ccccc12. The van der Waals surface area contributed by atoms with Gasteiger partial charge in [-0.15, -0.1) is 0 Å². The van der Waals surface area contributed by atoms with Crippen LogP contribution < -0.4 is 15.4 Å². The molecule has 0 aliphatic carbocycles. The van der Waals surface area contributed by atoms with Crippen molar-refractivity contribution in [3.63, 3.8) is 0 Å². The van der Waals surface area contributed by atoms with E-state index in [9.17, 15) is 14.4 Å². The molecule has 2 spiro atoms. The van der Waals surface area contributed by atoms with Crippen molar-refractivity contribution in [1.82, 2.24) is 4.90 Å². The number of benzene rings is 3. The number of ether oxygens (including phenoxy) is 1. The highest BCUT2D eigenvalue weighted by atomic mass is 16.5. The van der Waals surface area contributed by atoms with Gasteiger partial charge in [0.25, 0.3) is 5.91 Å². The smallest absolute Gasteiger partial charge is 0.251 e. The Balaban J connectivity index is 1.58. The Morgan fingerprint density at radius 3 is 2.58 bits per heavy atom. The third-order valence-corrected chi connectivity index (χ3v) is 9.07. The Hall–Kier alpha value is -3.97. The lowest BCUT2D eigenvalue weighted by Crippen LogP contribution is -2.62. The van der Waals surface area contributed by atoms with Gasteiger partial charge in [-0.05, 0) is 62.6 Å². The van der Waals surface area contributed by atoms with E-state index in [2.05, 4.69) is 15.5 Å². The number of hydrogen-bond acceptors (Lipinski definition) is 5. The van der Waals surface area contributed by atoms with Crippen LogP contribution in [0.4, 0.5) is 11.4 Å². The number of nitrogens with zero attached hydrogens (tertiary/aromatic N) is 1. The molecule has 4 atom stereocenters. The number of amides is 2. The largest absolute Gasteiger partial charge is 0.493 e. The van der Waals surface area contributed by atoms with Gasteiger partial charge in [0.1, 0.15) is 16.7 Å². The molecular formula is C31H29N3O4. The van der Waals surface area contributed by atoms with Crippen molar-refractivity contribution in [2.24, 2.45) is 5.92 Å². The highest BCUT2D eigenvalue weighted by Gasteiger charge is 2.81. The number of carbonyl (C=O) groups excluding carboxylic acids is 3. The van der Waals surface area contributed by atoms with Gasteiger partial charge in [0.05, 0.1) is 18.1 Å². The van der Waals surface area contributed by atoms with Crippen molar-refractivity contribution in [2.75, 3.05) is 23.8 Å². The highest BCUT2D eigenvalue weighted by Crippen LogP contribution is 2.68. The van der Waals surface area contributed by atoms with Crippen LogP contribution in [0.5, 0.6) is 5.75 Å². The van der Waals surface area contributed by atoms with Gasteiger partial charge in [-0.25, -0.2) is 0 Å². The maximum atomic E-state index is 14.8. The van der Waals surface area contributed by atoms with E-state index in [-0.39, 0.29) is 23.6 Å². The van der Waals surface area contributed by atoms with Crippen LogP contribution in [0.25, 0.3) is 0 Å². The Kier molecular flexibility index (Phi) is 4.89. The van der Waals surface area contributed by atoms with E-state index >= 15 is 0 Å². The monoisotopic (exact) mass is 507 g/mol. The van der Waals surface area contributed by atoms with Crippen LogP contribution in [0.1, 0.15) is 46.8 Å². The first kappa shape index (κ1) is 23.2. The third kappa shape index (κ3) is 2.55. The van der Waals surface area contributed by atoms with E-state index in [0.717, 1.165) is 29.7 Å². The Bertz CT molecular complexity index is 1530. The van der Waals surface area contributed by atoms with Crippen molar-refractivity contribution in [2.45, 2.75) is 43.7 Å². The molecule has 0 unspecified atom stereocenters. The van der Waals surface area contributed by atoms with Crippen molar-refractivity contribution in [1.29, 1.82) is 0 Å². The number of ketones is 1. The molecule has 7 rings (SSSR count). The molecule has 4 aliphatic heterocycles. The number of fused-ring (bicyclic) bond motifs is 7. The molecule has 2 saturated heterocycles. The maximum absolute atomic E-state index is 14.8. The predicted octanol–water partition coefficient (Wildman–Crippen LogP) is 4.41. The second-order valence-corrected chi connectivity index (χ2v) is 10.6. The van der Waals surface area contributed by atoms with Gasteiger partial charge >= 0.3 is 0 Å². The van der Waals surface area contributed by atoms with Gasteiger partial charge in [-0.2, -0.15) is 0 Å². The van der Waals surface area contributed by atoms with Crippen molar-refractivity contribution in [3.8, 4) is 5.75 Å². The van der Waals surface area contributed by atoms with Crippen molar-refractivity contribution >= 4 is 29.0 Å². The minimum absolute atomic E-state index is 0.163. The minimum atomic E-state index is -1.45. The van der Waals surface area contributed by atoms with Gasteiger partial charge in [-0.1, -0.05) is 48.5 Å². The first-order valence-electron chi connectivity index (χ1n) is 13.3. The normalized spacial score (nSPS) is 28.8. The quantitative estimate of drug-likeness (QED) is 0.511. The van der Waals surface area contributed by atoms with Gasteiger partial charge in [-0.3, -0.25) is 19.3 Å². The molecule has 0 radical (unpaired) electrons. The Labute approximate surface area is 221 Å². The van der Waals surface area contributed by atoms with Crippen LogP contribution in [0.15, 0.2) is 66.7 Å². The third-order valence-electron chi connectivity index (χ3n) is 9.07. The first-order chi connectivity index (χ1) is 18.5. The van der Waals surface area contributed by atoms with Crippen LogP contribution >= 0.6 is 0 Å². The molecule has 0 aromatic heterocycles. The summed E-state index contributed by atoms with van der Waals surface area (Å²) in [5.41, 5.74) is 1.45. The topological polar surface area (TPSA) is 87.7 Å². The first-order valence-corrected chi connectivity index (χ1v) is 13.3. The van der Waals surface area contributed by atoms with Crippen LogP contribution in [-0.2, 0) is 20.5 Å². The number of aryl methyl sites for hydroxylation is 1. The zero-order valence-electron chi connectivity index (χ0n) is 21.4. The molecule has 7 nitrogen and oxygen atoms in total. The molecular weight excluding hydrogens is 478 g/mol. The average Bonchev–Trinajstić information content (AvgIpc) is 3.64. The van der Waals surface area contributed by atoms with E-state index < -0.39 is 16.9 Å². The predicted molar refractivity (Wildman–Crippen MR) is 143 cm³/mol. The Morgan fingerprint density at radius 1 is 0.974 bits per heavy atom. The van der Waals surface area contributed by atoms with Gasteiger partial charge < -0.3 is 15.4 Å². The molecule has 7 heteroatoms. The zero-order chi connectivity index (χ0) is 26.2. The van der Waals surface area contributed by atoms with Crippen LogP contribution in [0.3, 0.4) is 0 Å². The molecule has 0 saturated carbocycles. The summed E-state index contributed by atoms with van der Waals surface area (Å²) >= 11 is 0. The molecule has 2 N–H and O–H groups in total. The summed E-state index contributed by atoms with van der Waals surface area (Å²) in [4.78, 5) is 46.0. The molecule has 2 amide bonds. The highest BCUT2D eigenvalue weighted by molar-refractivity contribution is 6.21. The molecule has 3 aromatic rings. The fourth-order valence-electron chi connectivity index (χ4n) is 7.87. The van der Waals surface area contributed by atoms with E-state index in [1.165, 1.54) is 0 Å². The molecule has 3 aromatic carbocycles. The molecule has 0 bridgehead atoms. The van der Waals surface area contributed by atoms with Gasteiger partial charge in [0, 0.05) is 23.0 Å². The second-order valence-electron chi connectivity index (χ2n) is 10.6. The average molecular weight is 508 g/mol. The van der Waals surface area contributed by atoms with Crippen molar-refractivity contribution in [3.05, 3.63) is 89.0 Å². The summed E-state index contributed by atoms with van der Waals surface area (Å²) in [6, 6.07) is 20.3. The summed E-state index contributed by atoms with van der Waals surface area (Å²) in [6.07, 6.45) is 1.57. The number of Topliss-reactive ketones (excluding diaryl/α,β-unsaturated/α-hetero) is 1. The molecule has 192 valence electrons.